The predicted octanol–water partition coefficient (Wildman–Crippen LogP) is 2.04. The fourth-order valence-corrected chi connectivity index (χ4v) is 1.88. The molecule has 0 aliphatic heterocycles. The highest BCUT2D eigenvalue weighted by Gasteiger charge is 2.07. The number of imidazole rings is 1. The van der Waals surface area contributed by atoms with Crippen LogP contribution in [0.5, 0.6) is 0 Å². The lowest BCUT2D eigenvalue weighted by atomic mass is 10.2. The molecular formula is C14H18N4O2. The van der Waals surface area contributed by atoms with Crippen LogP contribution in [-0.4, -0.2) is 32.2 Å². The quantitative estimate of drug-likeness (QED) is 0.755. The van der Waals surface area contributed by atoms with Gasteiger partial charge in [-0.15, -0.1) is 0 Å². The van der Waals surface area contributed by atoms with Crippen LogP contribution in [-0.2, 0) is 13.0 Å². The summed E-state index contributed by atoms with van der Waals surface area (Å²) in [5.74, 6) is -0.309. The zero-order chi connectivity index (χ0) is 14.4. The summed E-state index contributed by atoms with van der Waals surface area (Å²) in [6.45, 7) is 3.56. The highest BCUT2D eigenvalue weighted by molar-refractivity contribution is 5.88. The number of carboxylic acid groups (broad SMARTS) is 1. The fraction of sp³-hybridized carbons (Fsp3) is 0.357. The smallest absolute Gasteiger partial charge is 0.335 e. The second-order valence-electron chi connectivity index (χ2n) is 4.47. The van der Waals surface area contributed by atoms with E-state index in [0.29, 0.717) is 12.2 Å². The van der Waals surface area contributed by atoms with Gasteiger partial charge >= 0.3 is 5.97 Å². The van der Waals surface area contributed by atoms with Gasteiger partial charge in [-0.3, -0.25) is 0 Å². The Hall–Kier alpha value is -2.37. The molecule has 0 aromatic carbocycles. The fourth-order valence-electron chi connectivity index (χ4n) is 1.88. The van der Waals surface area contributed by atoms with Gasteiger partial charge in [0.2, 0.25) is 0 Å². The number of hydrogen-bond acceptors (Lipinski definition) is 4. The highest BCUT2D eigenvalue weighted by atomic mass is 16.4. The summed E-state index contributed by atoms with van der Waals surface area (Å²) in [5, 5.41) is 12.2. The Morgan fingerprint density at radius 3 is 2.95 bits per heavy atom. The first-order valence-electron chi connectivity index (χ1n) is 6.63. The van der Waals surface area contributed by atoms with E-state index < -0.39 is 5.97 Å². The number of nitrogens with one attached hydrogen (secondary N) is 1. The zero-order valence-electron chi connectivity index (χ0n) is 11.4. The molecule has 6 heteroatoms. The van der Waals surface area contributed by atoms with Gasteiger partial charge < -0.3 is 15.0 Å². The molecule has 0 unspecified atom stereocenters. The van der Waals surface area contributed by atoms with Crippen molar-refractivity contribution in [3.8, 4) is 0 Å². The summed E-state index contributed by atoms with van der Waals surface area (Å²) in [5.41, 5.74) is 1.05. The Morgan fingerprint density at radius 2 is 2.30 bits per heavy atom. The molecule has 0 fully saturated rings. The molecule has 2 rings (SSSR count). The van der Waals surface area contributed by atoms with Gasteiger partial charge in [0.15, 0.2) is 0 Å². The maximum Gasteiger partial charge on any atom is 0.335 e. The lowest BCUT2D eigenvalue weighted by Gasteiger charge is -2.08. The summed E-state index contributed by atoms with van der Waals surface area (Å²) in [6, 6.07) is 3.18. The van der Waals surface area contributed by atoms with E-state index in [1.54, 1.807) is 24.7 Å². The number of hydrogen-bond donors (Lipinski definition) is 2. The number of aromatic nitrogens is 3. The second-order valence-corrected chi connectivity index (χ2v) is 4.47. The molecule has 6 nitrogen and oxygen atoms in total. The number of carbonyl (C=O) groups is 1. The Kier molecular flexibility index (Phi) is 4.70. The molecule has 0 saturated heterocycles. The average molecular weight is 274 g/mol. The molecule has 0 saturated carbocycles. The maximum atomic E-state index is 11.0. The third kappa shape index (κ3) is 3.81. The number of anilines is 1. The molecule has 106 valence electrons. The molecule has 0 spiro atoms. The van der Waals surface area contributed by atoms with Crippen molar-refractivity contribution in [2.75, 3.05) is 11.9 Å². The van der Waals surface area contributed by atoms with Gasteiger partial charge in [0, 0.05) is 31.2 Å². The van der Waals surface area contributed by atoms with E-state index in [2.05, 4.69) is 15.3 Å². The van der Waals surface area contributed by atoms with Crippen LogP contribution in [0.3, 0.4) is 0 Å². The van der Waals surface area contributed by atoms with Crippen LogP contribution < -0.4 is 5.32 Å². The van der Waals surface area contributed by atoms with E-state index >= 15 is 0 Å². The van der Waals surface area contributed by atoms with E-state index in [4.69, 9.17) is 5.11 Å². The molecule has 2 aromatic heterocycles. The maximum absolute atomic E-state index is 11.0. The van der Waals surface area contributed by atoms with Gasteiger partial charge in [0.05, 0.1) is 11.9 Å². The van der Waals surface area contributed by atoms with Crippen LogP contribution in [0.2, 0.25) is 0 Å². The third-order valence-electron chi connectivity index (χ3n) is 2.95. The zero-order valence-corrected chi connectivity index (χ0v) is 11.4. The Labute approximate surface area is 117 Å². The molecule has 20 heavy (non-hydrogen) atoms. The third-order valence-corrected chi connectivity index (χ3v) is 2.95. The minimum Gasteiger partial charge on any atom is -0.478 e. The van der Waals surface area contributed by atoms with Crippen molar-refractivity contribution in [3.63, 3.8) is 0 Å². The number of pyridine rings is 1. The van der Waals surface area contributed by atoms with Gasteiger partial charge in [0.25, 0.3) is 0 Å². The number of aromatic carboxylic acids is 1. The molecule has 0 atom stereocenters. The first-order chi connectivity index (χ1) is 9.69. The number of nitrogens with zero attached hydrogens (tertiary/aromatic N) is 3. The Bertz CT molecular complexity index is 567. The van der Waals surface area contributed by atoms with Crippen LogP contribution in [0.15, 0.2) is 30.9 Å². The van der Waals surface area contributed by atoms with Crippen LogP contribution in [0.4, 0.5) is 5.82 Å². The van der Waals surface area contributed by atoms with E-state index in [1.165, 1.54) is 0 Å². The van der Waals surface area contributed by atoms with Crippen LogP contribution in [0, 0.1) is 0 Å². The van der Waals surface area contributed by atoms with Crippen molar-refractivity contribution in [1.29, 1.82) is 0 Å². The SMILES string of the molecule is CCc1cc(C(=O)O)cc(NCCCn2ccnc2)n1. The van der Waals surface area contributed by atoms with E-state index in [-0.39, 0.29) is 5.56 Å². The molecule has 0 amide bonds. The van der Waals surface area contributed by atoms with Crippen molar-refractivity contribution >= 4 is 11.8 Å². The number of rotatable bonds is 7. The molecular weight excluding hydrogens is 256 g/mol. The molecule has 2 aromatic rings. The molecule has 2 heterocycles. The molecule has 2 N–H and O–H groups in total. The van der Waals surface area contributed by atoms with Crippen LogP contribution >= 0.6 is 0 Å². The average Bonchev–Trinajstić information content (AvgIpc) is 2.96. The Morgan fingerprint density at radius 1 is 1.45 bits per heavy atom. The first kappa shape index (κ1) is 14.0. The number of aryl methyl sites for hydroxylation is 2. The lowest BCUT2D eigenvalue weighted by Crippen LogP contribution is -2.09. The highest BCUT2D eigenvalue weighted by Crippen LogP contribution is 2.11. The first-order valence-corrected chi connectivity index (χ1v) is 6.63. The lowest BCUT2D eigenvalue weighted by molar-refractivity contribution is 0.0696. The van der Waals surface area contributed by atoms with Gasteiger partial charge in [-0.1, -0.05) is 6.92 Å². The van der Waals surface area contributed by atoms with Gasteiger partial charge in [0.1, 0.15) is 5.82 Å². The van der Waals surface area contributed by atoms with E-state index in [0.717, 1.165) is 25.2 Å². The van der Waals surface area contributed by atoms with E-state index in [1.807, 2.05) is 17.7 Å². The van der Waals surface area contributed by atoms with Crippen LogP contribution in [0.25, 0.3) is 0 Å². The number of carboxylic acids is 1. The van der Waals surface area contributed by atoms with Crippen molar-refractivity contribution < 1.29 is 9.90 Å². The monoisotopic (exact) mass is 274 g/mol. The second kappa shape index (κ2) is 6.70. The van der Waals surface area contributed by atoms with Gasteiger partial charge in [-0.05, 0) is 25.0 Å². The van der Waals surface area contributed by atoms with Crippen molar-refractivity contribution in [1.82, 2.24) is 14.5 Å². The summed E-state index contributed by atoms with van der Waals surface area (Å²) >= 11 is 0. The molecule has 0 bridgehead atoms. The molecule has 0 aliphatic rings. The predicted molar refractivity (Wildman–Crippen MR) is 75.9 cm³/mol. The summed E-state index contributed by atoms with van der Waals surface area (Å²) in [7, 11) is 0. The van der Waals surface area contributed by atoms with Crippen molar-refractivity contribution in [2.45, 2.75) is 26.3 Å². The summed E-state index contributed by atoms with van der Waals surface area (Å²) < 4.78 is 2.00. The minimum atomic E-state index is -0.927. The van der Waals surface area contributed by atoms with Gasteiger partial charge in [-0.25, -0.2) is 14.8 Å². The van der Waals surface area contributed by atoms with E-state index in [9.17, 15) is 4.79 Å². The van der Waals surface area contributed by atoms with Crippen molar-refractivity contribution in [3.05, 3.63) is 42.1 Å². The summed E-state index contributed by atoms with van der Waals surface area (Å²) in [6.07, 6.45) is 7.07. The van der Waals surface area contributed by atoms with Gasteiger partial charge in [-0.2, -0.15) is 0 Å². The van der Waals surface area contributed by atoms with Crippen molar-refractivity contribution in [2.24, 2.45) is 0 Å². The summed E-state index contributed by atoms with van der Waals surface area (Å²) in [4.78, 5) is 19.4. The normalized spacial score (nSPS) is 10.4. The Balaban J connectivity index is 1.91. The largest absolute Gasteiger partial charge is 0.478 e. The minimum absolute atomic E-state index is 0.272. The molecule has 0 aliphatic carbocycles. The standard InChI is InChI=1S/C14H18N4O2/c1-2-12-8-11(14(19)20)9-13(17-12)16-4-3-6-18-7-5-15-10-18/h5,7-10H,2-4,6H2,1H3,(H,16,17)(H,19,20). The topological polar surface area (TPSA) is 80.0 Å². The molecule has 0 radical (unpaired) electrons. The van der Waals surface area contributed by atoms with Crippen LogP contribution in [0.1, 0.15) is 29.4 Å².